The molecule has 1 fully saturated rings. The molecule has 0 aliphatic carbocycles. The number of imidazole rings is 1. The van der Waals surface area contributed by atoms with Gasteiger partial charge in [-0.3, -0.25) is 9.36 Å². The summed E-state index contributed by atoms with van der Waals surface area (Å²) in [4.78, 5) is 28.8. The molecule has 1 saturated heterocycles. The Kier molecular flexibility index (Phi) is 4.86. The van der Waals surface area contributed by atoms with Crippen LogP contribution in [0.1, 0.15) is 35.3 Å². The van der Waals surface area contributed by atoms with E-state index in [0.717, 1.165) is 48.7 Å². The normalized spacial score (nSPS) is 14.2. The van der Waals surface area contributed by atoms with Crippen molar-refractivity contribution in [2.45, 2.75) is 26.2 Å². The van der Waals surface area contributed by atoms with Gasteiger partial charge in [0.1, 0.15) is 5.52 Å². The quantitative estimate of drug-likeness (QED) is 0.549. The Morgan fingerprint density at radius 3 is 2.29 bits per heavy atom. The van der Waals surface area contributed by atoms with E-state index in [9.17, 15) is 4.79 Å². The third-order valence-corrected chi connectivity index (χ3v) is 5.69. The van der Waals surface area contributed by atoms with Gasteiger partial charge < -0.3 is 10.6 Å². The van der Waals surface area contributed by atoms with Crippen molar-refractivity contribution < 1.29 is 4.79 Å². The fourth-order valence-electron chi connectivity index (χ4n) is 4.07. The number of anilines is 1. The van der Waals surface area contributed by atoms with Gasteiger partial charge in [-0.05, 0) is 38.3 Å². The summed E-state index contributed by atoms with van der Waals surface area (Å²) in [6.07, 6.45) is 3.44. The van der Waals surface area contributed by atoms with Crippen molar-refractivity contribution in [1.29, 1.82) is 0 Å². The van der Waals surface area contributed by atoms with Crippen LogP contribution in [0.5, 0.6) is 0 Å². The number of rotatable bonds is 4. The van der Waals surface area contributed by atoms with Gasteiger partial charge in [-0.1, -0.05) is 48.0 Å². The second kappa shape index (κ2) is 7.83. The van der Waals surface area contributed by atoms with Crippen LogP contribution >= 0.6 is 0 Å². The summed E-state index contributed by atoms with van der Waals surface area (Å²) >= 11 is 0. The van der Waals surface area contributed by atoms with Gasteiger partial charge in [-0.25, -0.2) is 15.0 Å². The standard InChI is InChI=1S/C24H24N6O/c1-16-10-12-17(13-11-16)22-26-19(21(25)31)20-23(28-22)30(18-8-4-2-5-9-18)24(27-20)29-14-6-3-7-15-29/h2,4-5,8-13H,3,6-7,14-15H2,1H3,(H2,25,31). The van der Waals surface area contributed by atoms with Crippen molar-refractivity contribution >= 4 is 23.0 Å². The molecular formula is C24H24N6O. The van der Waals surface area contributed by atoms with Crippen LogP contribution < -0.4 is 10.6 Å². The molecule has 2 aromatic carbocycles. The number of aryl methyl sites for hydroxylation is 1. The maximum Gasteiger partial charge on any atom is 0.269 e. The molecule has 0 spiro atoms. The Balaban J connectivity index is 1.80. The van der Waals surface area contributed by atoms with E-state index >= 15 is 0 Å². The number of benzene rings is 2. The number of carbonyl (C=O) groups excluding carboxylic acids is 1. The minimum absolute atomic E-state index is 0.147. The minimum Gasteiger partial charge on any atom is -0.364 e. The molecule has 0 unspecified atom stereocenters. The van der Waals surface area contributed by atoms with Crippen LogP contribution in [0.25, 0.3) is 28.2 Å². The molecule has 4 aromatic rings. The highest BCUT2D eigenvalue weighted by Crippen LogP contribution is 2.30. The summed E-state index contributed by atoms with van der Waals surface area (Å²) < 4.78 is 2.02. The second-order valence-corrected chi connectivity index (χ2v) is 7.93. The number of carbonyl (C=O) groups is 1. The maximum absolute atomic E-state index is 12.4. The zero-order valence-corrected chi connectivity index (χ0v) is 17.5. The van der Waals surface area contributed by atoms with Gasteiger partial charge in [0.2, 0.25) is 5.95 Å². The molecule has 0 saturated carbocycles. The molecule has 0 bridgehead atoms. The Bertz CT molecular complexity index is 1240. The molecule has 156 valence electrons. The summed E-state index contributed by atoms with van der Waals surface area (Å²) in [6, 6.07) is 17.9. The number of piperidine rings is 1. The lowest BCUT2D eigenvalue weighted by molar-refractivity contribution is 0.0997. The first-order valence-electron chi connectivity index (χ1n) is 10.6. The fourth-order valence-corrected chi connectivity index (χ4v) is 4.07. The van der Waals surface area contributed by atoms with Crippen molar-refractivity contribution in [2.75, 3.05) is 18.0 Å². The first kappa shape index (κ1) is 19.2. The summed E-state index contributed by atoms with van der Waals surface area (Å²) in [6.45, 7) is 3.86. The van der Waals surface area contributed by atoms with Gasteiger partial charge in [-0.2, -0.15) is 0 Å². The van der Waals surface area contributed by atoms with Gasteiger partial charge in [0.05, 0.1) is 5.69 Å². The Labute approximate surface area is 180 Å². The number of nitrogens with two attached hydrogens (primary N) is 1. The van der Waals surface area contributed by atoms with Crippen LogP contribution in [-0.2, 0) is 0 Å². The zero-order chi connectivity index (χ0) is 21.4. The van der Waals surface area contributed by atoms with Crippen LogP contribution in [0.4, 0.5) is 5.95 Å². The molecule has 7 heteroatoms. The lowest BCUT2D eigenvalue weighted by Crippen LogP contribution is -2.31. The molecule has 2 N–H and O–H groups in total. The van der Waals surface area contributed by atoms with E-state index in [1.54, 1.807) is 0 Å². The Morgan fingerprint density at radius 1 is 0.903 bits per heavy atom. The second-order valence-electron chi connectivity index (χ2n) is 7.93. The minimum atomic E-state index is -0.608. The Hall–Kier alpha value is -3.74. The lowest BCUT2D eigenvalue weighted by atomic mass is 10.1. The van der Waals surface area contributed by atoms with Gasteiger partial charge in [0.25, 0.3) is 5.91 Å². The third-order valence-electron chi connectivity index (χ3n) is 5.69. The Morgan fingerprint density at radius 2 is 1.61 bits per heavy atom. The number of fused-ring (bicyclic) bond motifs is 1. The molecule has 31 heavy (non-hydrogen) atoms. The fraction of sp³-hybridized carbons (Fsp3) is 0.250. The van der Waals surface area contributed by atoms with Crippen LogP contribution in [0, 0.1) is 6.92 Å². The summed E-state index contributed by atoms with van der Waals surface area (Å²) in [5, 5.41) is 0. The number of aromatic nitrogens is 4. The number of hydrogen-bond acceptors (Lipinski definition) is 5. The van der Waals surface area contributed by atoms with E-state index in [0.29, 0.717) is 17.0 Å². The molecule has 0 radical (unpaired) electrons. The third kappa shape index (κ3) is 3.52. The molecule has 1 aliphatic heterocycles. The molecule has 3 heterocycles. The van der Waals surface area contributed by atoms with Crippen molar-refractivity contribution in [3.63, 3.8) is 0 Å². The monoisotopic (exact) mass is 412 g/mol. The lowest BCUT2D eigenvalue weighted by Gasteiger charge is -2.28. The van der Waals surface area contributed by atoms with Crippen molar-refractivity contribution in [2.24, 2.45) is 5.73 Å². The highest BCUT2D eigenvalue weighted by Gasteiger charge is 2.25. The molecule has 2 aromatic heterocycles. The smallest absolute Gasteiger partial charge is 0.269 e. The molecule has 1 aliphatic rings. The van der Waals surface area contributed by atoms with Crippen molar-refractivity contribution in [3.05, 3.63) is 65.9 Å². The van der Waals surface area contributed by atoms with E-state index in [1.165, 1.54) is 6.42 Å². The predicted octanol–water partition coefficient (Wildman–Crippen LogP) is 3.88. The number of primary amides is 1. The first-order valence-corrected chi connectivity index (χ1v) is 10.6. The largest absolute Gasteiger partial charge is 0.364 e. The maximum atomic E-state index is 12.4. The SMILES string of the molecule is Cc1ccc(-c2nc(C(N)=O)c3nc(N4CCCCC4)n(-c4ccccc4)c3n2)cc1. The van der Waals surface area contributed by atoms with Crippen LogP contribution in [0.3, 0.4) is 0 Å². The highest BCUT2D eigenvalue weighted by molar-refractivity contribution is 6.03. The first-order chi connectivity index (χ1) is 15.1. The van der Waals surface area contributed by atoms with E-state index in [1.807, 2.05) is 66.1 Å². The summed E-state index contributed by atoms with van der Waals surface area (Å²) in [7, 11) is 0. The van der Waals surface area contributed by atoms with E-state index in [-0.39, 0.29) is 5.69 Å². The van der Waals surface area contributed by atoms with Gasteiger partial charge in [0.15, 0.2) is 17.2 Å². The molecule has 0 atom stereocenters. The zero-order valence-electron chi connectivity index (χ0n) is 17.5. The average Bonchev–Trinajstić information content (AvgIpc) is 3.19. The van der Waals surface area contributed by atoms with Crippen molar-refractivity contribution in [3.8, 4) is 17.1 Å². The topological polar surface area (TPSA) is 89.9 Å². The van der Waals surface area contributed by atoms with Crippen LogP contribution in [0.15, 0.2) is 54.6 Å². The number of amides is 1. The van der Waals surface area contributed by atoms with E-state index < -0.39 is 5.91 Å². The van der Waals surface area contributed by atoms with Crippen LogP contribution in [0.2, 0.25) is 0 Å². The number of para-hydroxylation sites is 1. The van der Waals surface area contributed by atoms with Gasteiger partial charge in [0, 0.05) is 18.7 Å². The predicted molar refractivity (Wildman–Crippen MR) is 121 cm³/mol. The molecule has 1 amide bonds. The highest BCUT2D eigenvalue weighted by atomic mass is 16.1. The van der Waals surface area contributed by atoms with E-state index in [4.69, 9.17) is 15.7 Å². The van der Waals surface area contributed by atoms with Crippen molar-refractivity contribution in [1.82, 2.24) is 19.5 Å². The number of nitrogens with zero attached hydrogens (tertiary/aromatic N) is 5. The average molecular weight is 412 g/mol. The molecule has 5 rings (SSSR count). The van der Waals surface area contributed by atoms with Crippen LogP contribution in [-0.4, -0.2) is 38.5 Å². The number of hydrogen-bond donors (Lipinski definition) is 1. The summed E-state index contributed by atoms with van der Waals surface area (Å²) in [5.41, 5.74) is 9.82. The van der Waals surface area contributed by atoms with E-state index in [2.05, 4.69) is 9.88 Å². The van der Waals surface area contributed by atoms with Gasteiger partial charge >= 0.3 is 0 Å². The molecule has 7 nitrogen and oxygen atoms in total. The van der Waals surface area contributed by atoms with Gasteiger partial charge in [-0.15, -0.1) is 0 Å². The molecular weight excluding hydrogens is 388 g/mol. The summed E-state index contributed by atoms with van der Waals surface area (Å²) in [5.74, 6) is 0.631.